The normalized spacial score (nSPS) is 12.9. The standard InChI is InChI=1S/C16H19F2NS/c1-9(2)19-16(13-8-20-7-11(13)4)12-5-10(3)14(17)6-15(12)18/h5-9,16,19H,1-4H3. The number of halogens is 2. The van der Waals surface area contributed by atoms with Crippen molar-refractivity contribution in [2.24, 2.45) is 0 Å². The summed E-state index contributed by atoms with van der Waals surface area (Å²) in [6, 6.07) is 2.52. The first kappa shape index (κ1) is 15.1. The number of nitrogens with one attached hydrogen (secondary N) is 1. The summed E-state index contributed by atoms with van der Waals surface area (Å²) in [5.74, 6) is -1.01. The second-order valence-corrected chi connectivity index (χ2v) is 6.13. The van der Waals surface area contributed by atoms with Gasteiger partial charge >= 0.3 is 0 Å². The molecule has 0 spiro atoms. The molecule has 1 nitrogen and oxygen atoms in total. The number of aryl methyl sites for hydroxylation is 2. The van der Waals surface area contributed by atoms with E-state index in [4.69, 9.17) is 0 Å². The molecule has 0 bridgehead atoms. The van der Waals surface area contributed by atoms with Crippen LogP contribution in [0.25, 0.3) is 0 Å². The van der Waals surface area contributed by atoms with Gasteiger partial charge in [-0.2, -0.15) is 11.3 Å². The van der Waals surface area contributed by atoms with Crippen molar-refractivity contribution in [3.8, 4) is 0 Å². The molecule has 4 heteroatoms. The van der Waals surface area contributed by atoms with E-state index in [1.54, 1.807) is 24.3 Å². The molecule has 0 aliphatic carbocycles. The summed E-state index contributed by atoms with van der Waals surface area (Å²) in [5.41, 5.74) is 3.13. The summed E-state index contributed by atoms with van der Waals surface area (Å²) < 4.78 is 27.6. The third kappa shape index (κ3) is 3.07. The highest BCUT2D eigenvalue weighted by atomic mass is 32.1. The van der Waals surface area contributed by atoms with E-state index in [1.807, 2.05) is 31.5 Å². The minimum Gasteiger partial charge on any atom is -0.304 e. The summed E-state index contributed by atoms with van der Waals surface area (Å²) in [5, 5.41) is 7.43. The molecule has 0 saturated heterocycles. The molecule has 0 aliphatic heterocycles. The monoisotopic (exact) mass is 295 g/mol. The number of hydrogen-bond donors (Lipinski definition) is 1. The topological polar surface area (TPSA) is 12.0 Å². The average Bonchev–Trinajstić information content (AvgIpc) is 2.77. The van der Waals surface area contributed by atoms with E-state index >= 15 is 0 Å². The lowest BCUT2D eigenvalue weighted by Crippen LogP contribution is -2.30. The molecule has 1 aromatic carbocycles. The van der Waals surface area contributed by atoms with Gasteiger partial charge in [0.05, 0.1) is 6.04 Å². The Morgan fingerprint density at radius 2 is 1.65 bits per heavy atom. The molecule has 2 aromatic rings. The molecular formula is C16H19F2NS. The molecule has 0 fully saturated rings. The van der Waals surface area contributed by atoms with Crippen molar-refractivity contribution < 1.29 is 8.78 Å². The van der Waals surface area contributed by atoms with Crippen LogP contribution in [0.3, 0.4) is 0 Å². The van der Waals surface area contributed by atoms with Crippen LogP contribution in [0.5, 0.6) is 0 Å². The van der Waals surface area contributed by atoms with E-state index in [0.717, 1.165) is 17.2 Å². The van der Waals surface area contributed by atoms with Gasteiger partial charge in [0, 0.05) is 17.7 Å². The van der Waals surface area contributed by atoms with Crippen molar-refractivity contribution >= 4 is 11.3 Å². The Bertz CT molecular complexity index is 605. The van der Waals surface area contributed by atoms with Crippen molar-refractivity contribution in [1.29, 1.82) is 0 Å². The maximum atomic E-state index is 14.2. The van der Waals surface area contributed by atoms with Gasteiger partial charge in [-0.15, -0.1) is 0 Å². The molecule has 0 radical (unpaired) electrons. The lowest BCUT2D eigenvalue weighted by atomic mass is 9.95. The van der Waals surface area contributed by atoms with Crippen LogP contribution in [0.4, 0.5) is 8.78 Å². The first-order valence-electron chi connectivity index (χ1n) is 6.64. The van der Waals surface area contributed by atoms with Crippen molar-refractivity contribution in [3.05, 3.63) is 56.8 Å². The summed E-state index contributed by atoms with van der Waals surface area (Å²) in [6.45, 7) is 7.70. The smallest absolute Gasteiger partial charge is 0.131 e. The van der Waals surface area contributed by atoms with Crippen LogP contribution in [0.15, 0.2) is 22.9 Å². The Morgan fingerprint density at radius 1 is 0.950 bits per heavy atom. The fraction of sp³-hybridized carbons (Fsp3) is 0.375. The van der Waals surface area contributed by atoms with Gasteiger partial charge in [0.2, 0.25) is 0 Å². The predicted octanol–water partition coefficient (Wildman–Crippen LogP) is 4.73. The van der Waals surface area contributed by atoms with Crippen LogP contribution in [-0.4, -0.2) is 6.04 Å². The molecule has 0 aliphatic rings. The zero-order valence-corrected chi connectivity index (χ0v) is 12.9. The summed E-state index contributed by atoms with van der Waals surface area (Å²) in [6.07, 6.45) is 0. The predicted molar refractivity (Wildman–Crippen MR) is 80.3 cm³/mol. The van der Waals surface area contributed by atoms with Crippen LogP contribution in [0, 0.1) is 25.5 Å². The van der Waals surface area contributed by atoms with Crippen LogP contribution >= 0.6 is 11.3 Å². The highest BCUT2D eigenvalue weighted by Gasteiger charge is 2.22. The molecule has 1 N–H and O–H groups in total. The van der Waals surface area contributed by atoms with Crippen molar-refractivity contribution in [2.75, 3.05) is 0 Å². The fourth-order valence-electron chi connectivity index (χ4n) is 2.25. The lowest BCUT2D eigenvalue weighted by molar-refractivity contribution is 0.496. The van der Waals surface area contributed by atoms with E-state index in [9.17, 15) is 8.78 Å². The first-order chi connectivity index (χ1) is 9.40. The SMILES string of the molecule is Cc1cc(C(NC(C)C)c2cscc2C)c(F)cc1F. The van der Waals surface area contributed by atoms with Crippen LogP contribution < -0.4 is 5.32 Å². The van der Waals surface area contributed by atoms with Crippen molar-refractivity contribution in [2.45, 2.75) is 39.8 Å². The molecule has 1 heterocycles. The molecule has 0 saturated carbocycles. The number of thiophene rings is 1. The van der Waals surface area contributed by atoms with Gasteiger partial charge in [0.25, 0.3) is 0 Å². The van der Waals surface area contributed by atoms with Gasteiger partial charge in [-0.25, -0.2) is 8.78 Å². The van der Waals surface area contributed by atoms with Gasteiger partial charge < -0.3 is 5.32 Å². The highest BCUT2D eigenvalue weighted by Crippen LogP contribution is 2.31. The number of hydrogen-bond acceptors (Lipinski definition) is 2. The maximum Gasteiger partial charge on any atom is 0.131 e. The fourth-order valence-corrected chi connectivity index (χ4v) is 3.12. The average molecular weight is 295 g/mol. The highest BCUT2D eigenvalue weighted by molar-refractivity contribution is 7.08. The van der Waals surface area contributed by atoms with Gasteiger partial charge in [0.1, 0.15) is 11.6 Å². The third-order valence-electron chi connectivity index (χ3n) is 3.30. The first-order valence-corrected chi connectivity index (χ1v) is 7.58. The van der Waals surface area contributed by atoms with Gasteiger partial charge in [0.15, 0.2) is 0 Å². The molecule has 20 heavy (non-hydrogen) atoms. The quantitative estimate of drug-likeness (QED) is 0.859. The summed E-state index contributed by atoms with van der Waals surface area (Å²) in [4.78, 5) is 0. The molecule has 2 rings (SSSR count). The van der Waals surface area contributed by atoms with E-state index in [0.29, 0.717) is 11.1 Å². The van der Waals surface area contributed by atoms with Gasteiger partial charge in [-0.05, 0) is 61.2 Å². The molecule has 0 amide bonds. The second kappa shape index (κ2) is 6.02. The maximum absolute atomic E-state index is 14.2. The number of benzene rings is 1. The van der Waals surface area contributed by atoms with E-state index in [-0.39, 0.29) is 12.1 Å². The Labute approximate surface area is 122 Å². The Balaban J connectivity index is 2.52. The van der Waals surface area contributed by atoms with E-state index in [2.05, 4.69) is 5.32 Å². The van der Waals surface area contributed by atoms with E-state index in [1.165, 1.54) is 0 Å². The Hall–Kier alpha value is -1.26. The molecule has 1 aromatic heterocycles. The van der Waals surface area contributed by atoms with E-state index < -0.39 is 11.6 Å². The summed E-state index contributed by atoms with van der Waals surface area (Å²) in [7, 11) is 0. The lowest BCUT2D eigenvalue weighted by Gasteiger charge is -2.23. The van der Waals surface area contributed by atoms with Crippen LogP contribution in [0.2, 0.25) is 0 Å². The molecule has 108 valence electrons. The Kier molecular flexibility index (Phi) is 4.55. The van der Waals surface area contributed by atoms with Gasteiger partial charge in [-0.1, -0.05) is 0 Å². The van der Waals surface area contributed by atoms with Gasteiger partial charge in [-0.3, -0.25) is 0 Å². The second-order valence-electron chi connectivity index (χ2n) is 5.39. The summed E-state index contributed by atoms with van der Waals surface area (Å²) >= 11 is 1.59. The molecule has 1 unspecified atom stereocenters. The minimum absolute atomic E-state index is 0.198. The van der Waals surface area contributed by atoms with Crippen LogP contribution in [-0.2, 0) is 0 Å². The Morgan fingerprint density at radius 3 is 2.20 bits per heavy atom. The molecule has 1 atom stereocenters. The zero-order chi connectivity index (χ0) is 14.9. The van der Waals surface area contributed by atoms with Crippen molar-refractivity contribution in [1.82, 2.24) is 5.32 Å². The minimum atomic E-state index is -0.503. The van der Waals surface area contributed by atoms with Crippen molar-refractivity contribution in [3.63, 3.8) is 0 Å². The molecular weight excluding hydrogens is 276 g/mol. The third-order valence-corrected chi connectivity index (χ3v) is 4.17. The van der Waals surface area contributed by atoms with Crippen LogP contribution in [0.1, 0.15) is 42.1 Å². The largest absolute Gasteiger partial charge is 0.304 e. The zero-order valence-electron chi connectivity index (χ0n) is 12.1. The number of rotatable bonds is 4.